The second-order valence-corrected chi connectivity index (χ2v) is 7.23. The highest BCUT2D eigenvalue weighted by molar-refractivity contribution is 5.86. The summed E-state index contributed by atoms with van der Waals surface area (Å²) in [6.07, 6.45) is -7.67. The summed E-state index contributed by atoms with van der Waals surface area (Å²) in [5.74, 6) is -5.32. The van der Waals surface area contributed by atoms with Gasteiger partial charge in [0.1, 0.15) is 29.6 Å². The fourth-order valence-corrected chi connectivity index (χ4v) is 3.35. The molecule has 5 N–H and O–H groups in total. The molecule has 1 aromatic heterocycles. The van der Waals surface area contributed by atoms with Gasteiger partial charge in [-0.15, -0.1) is 0 Å². The van der Waals surface area contributed by atoms with Crippen molar-refractivity contribution in [1.82, 2.24) is 4.98 Å². The molecule has 0 radical (unpaired) electrons. The molecular weight excluding hydrogens is 448 g/mol. The van der Waals surface area contributed by atoms with Gasteiger partial charge in [0, 0.05) is 17.2 Å². The lowest BCUT2D eigenvalue weighted by molar-refractivity contribution is -0.271. The Balaban J connectivity index is 1.70. The molecule has 1 fully saturated rings. The number of phenolic OH excluding ortho intramolecular Hbond substituents is 1. The van der Waals surface area contributed by atoms with Gasteiger partial charge in [-0.2, -0.15) is 0 Å². The van der Waals surface area contributed by atoms with Crippen LogP contribution >= 0.6 is 0 Å². The first-order chi connectivity index (χ1) is 15.6. The first-order valence-corrected chi connectivity index (χ1v) is 9.45. The molecule has 0 saturated carbocycles. The summed E-state index contributed by atoms with van der Waals surface area (Å²) in [4.78, 5) is 15.4. The van der Waals surface area contributed by atoms with Gasteiger partial charge in [-0.05, 0) is 18.2 Å². The van der Waals surface area contributed by atoms with E-state index in [4.69, 9.17) is 19.0 Å². The maximum atomic E-state index is 13.7. The van der Waals surface area contributed by atoms with Gasteiger partial charge in [-0.3, -0.25) is 0 Å². The van der Waals surface area contributed by atoms with Crippen LogP contribution in [0.3, 0.4) is 0 Å². The zero-order valence-corrected chi connectivity index (χ0v) is 16.6. The molecule has 1 unspecified atom stereocenters. The van der Waals surface area contributed by atoms with Crippen molar-refractivity contribution in [2.24, 2.45) is 0 Å². The number of aliphatic carboxylic acids is 1. The predicted octanol–water partition coefficient (Wildman–Crippen LogP) is 1.39. The number of carboxylic acid groups (broad SMARTS) is 1. The monoisotopic (exact) mass is 465 g/mol. The Morgan fingerprint density at radius 1 is 1.09 bits per heavy atom. The topological polar surface area (TPSA) is 163 Å². The minimum absolute atomic E-state index is 0.00269. The molecule has 1 aliphatic heterocycles. The van der Waals surface area contributed by atoms with Gasteiger partial charge in [0.25, 0.3) is 0 Å². The van der Waals surface area contributed by atoms with Crippen molar-refractivity contribution < 1.29 is 53.0 Å². The van der Waals surface area contributed by atoms with Crippen molar-refractivity contribution in [3.63, 3.8) is 0 Å². The standard InChI is InChI=1S/C21H17F2NO9/c1-2-7-3-9(31-21-16(28)14(26)15(27)18(33-21)20(29)30)6-12-17(7)32-19(24-12)8-4-10(22)13(25)11(23)5-8/h2-6,14-16,18,21,25-28H,1H2,(H,29,30)/t14-,15-,16+,18-,21?/m0/s1. The fourth-order valence-electron chi connectivity index (χ4n) is 3.35. The molecule has 0 aliphatic carbocycles. The van der Waals surface area contributed by atoms with Gasteiger partial charge in [-0.25, -0.2) is 18.6 Å². The highest BCUT2D eigenvalue weighted by Gasteiger charge is 2.48. The first-order valence-electron chi connectivity index (χ1n) is 9.45. The summed E-state index contributed by atoms with van der Waals surface area (Å²) in [7, 11) is 0. The summed E-state index contributed by atoms with van der Waals surface area (Å²) >= 11 is 0. The maximum absolute atomic E-state index is 13.7. The number of oxazole rings is 1. The lowest BCUT2D eigenvalue weighted by Gasteiger charge is -2.38. The summed E-state index contributed by atoms with van der Waals surface area (Å²) in [6.45, 7) is 3.64. The van der Waals surface area contributed by atoms with Gasteiger partial charge < -0.3 is 39.4 Å². The van der Waals surface area contributed by atoms with Crippen LogP contribution in [-0.2, 0) is 9.53 Å². The average molecular weight is 465 g/mol. The second-order valence-electron chi connectivity index (χ2n) is 7.23. The van der Waals surface area contributed by atoms with Gasteiger partial charge in [0.2, 0.25) is 12.2 Å². The zero-order chi connectivity index (χ0) is 24.0. The Morgan fingerprint density at radius 3 is 2.36 bits per heavy atom. The molecule has 3 aromatic rings. The van der Waals surface area contributed by atoms with Crippen LogP contribution in [0.15, 0.2) is 35.3 Å². The van der Waals surface area contributed by atoms with Crippen molar-refractivity contribution in [3.05, 3.63) is 48.0 Å². The Hall–Kier alpha value is -3.58. The Kier molecular flexibility index (Phi) is 5.76. The van der Waals surface area contributed by atoms with Crippen molar-refractivity contribution in [2.45, 2.75) is 30.7 Å². The molecular formula is C21H17F2NO9. The van der Waals surface area contributed by atoms with E-state index >= 15 is 0 Å². The van der Waals surface area contributed by atoms with Crippen molar-refractivity contribution in [1.29, 1.82) is 0 Å². The van der Waals surface area contributed by atoms with Crippen molar-refractivity contribution in [2.75, 3.05) is 0 Å². The number of aromatic nitrogens is 1. The number of ether oxygens (including phenoxy) is 2. The third kappa shape index (κ3) is 4.00. The van der Waals surface area contributed by atoms with E-state index in [-0.39, 0.29) is 28.3 Å². The molecule has 5 atom stereocenters. The number of hydrogen-bond donors (Lipinski definition) is 5. The van der Waals surface area contributed by atoms with E-state index < -0.39 is 54.1 Å². The molecule has 4 rings (SSSR count). The van der Waals surface area contributed by atoms with Crippen LogP contribution in [0.25, 0.3) is 28.6 Å². The van der Waals surface area contributed by atoms with E-state index in [2.05, 4.69) is 11.6 Å². The molecule has 10 nitrogen and oxygen atoms in total. The van der Waals surface area contributed by atoms with E-state index in [1.54, 1.807) is 0 Å². The van der Waals surface area contributed by atoms with Crippen LogP contribution in [0.1, 0.15) is 5.56 Å². The molecule has 174 valence electrons. The number of benzene rings is 2. The Labute approximate surface area is 183 Å². The number of aliphatic hydroxyl groups excluding tert-OH is 3. The summed E-state index contributed by atoms with van der Waals surface area (Å²) < 4.78 is 43.6. The molecule has 0 amide bonds. The number of aliphatic hydroxyl groups is 3. The molecule has 0 bridgehead atoms. The van der Waals surface area contributed by atoms with E-state index in [1.165, 1.54) is 18.2 Å². The van der Waals surface area contributed by atoms with Crippen LogP contribution in [0.5, 0.6) is 11.5 Å². The SMILES string of the molecule is C=Cc1cc(OC2O[C@H](C(=O)O)[C@@H](O)[C@H](O)[C@H]2O)cc2nc(-c3cc(F)c(O)c(F)c3)oc12. The van der Waals surface area contributed by atoms with Crippen LogP contribution in [0.4, 0.5) is 8.78 Å². The lowest BCUT2D eigenvalue weighted by Crippen LogP contribution is -2.61. The van der Waals surface area contributed by atoms with E-state index in [0.717, 1.165) is 12.1 Å². The third-order valence-corrected chi connectivity index (χ3v) is 5.04. The van der Waals surface area contributed by atoms with Crippen LogP contribution in [0.2, 0.25) is 0 Å². The number of aromatic hydroxyl groups is 1. The smallest absolute Gasteiger partial charge is 0.335 e. The minimum atomic E-state index is -1.88. The number of phenols is 1. The first kappa shape index (κ1) is 22.6. The van der Waals surface area contributed by atoms with Crippen molar-refractivity contribution in [3.8, 4) is 23.0 Å². The minimum Gasteiger partial charge on any atom is -0.503 e. The summed E-state index contributed by atoms with van der Waals surface area (Å²) in [6, 6.07) is 4.36. The summed E-state index contributed by atoms with van der Waals surface area (Å²) in [5, 5.41) is 48.3. The number of fused-ring (bicyclic) bond motifs is 1. The quantitative estimate of drug-likeness (QED) is 0.372. The lowest BCUT2D eigenvalue weighted by atomic mass is 9.99. The number of halogens is 2. The van der Waals surface area contributed by atoms with Crippen LogP contribution < -0.4 is 4.74 Å². The van der Waals surface area contributed by atoms with Gasteiger partial charge in [0.05, 0.1) is 0 Å². The Morgan fingerprint density at radius 2 is 1.76 bits per heavy atom. The predicted molar refractivity (Wildman–Crippen MR) is 106 cm³/mol. The summed E-state index contributed by atoms with van der Waals surface area (Å²) in [5.41, 5.74) is 0.544. The van der Waals surface area contributed by atoms with Gasteiger partial charge >= 0.3 is 5.97 Å². The van der Waals surface area contributed by atoms with Crippen LogP contribution in [0, 0.1) is 11.6 Å². The number of rotatable bonds is 5. The normalized spacial score (nSPS) is 25.2. The number of carboxylic acids is 1. The number of nitrogens with zero attached hydrogens (tertiary/aromatic N) is 1. The molecule has 2 heterocycles. The van der Waals surface area contributed by atoms with E-state index in [1.807, 2.05) is 0 Å². The van der Waals surface area contributed by atoms with Gasteiger partial charge in [-0.1, -0.05) is 12.7 Å². The van der Waals surface area contributed by atoms with E-state index in [9.17, 15) is 34.0 Å². The number of carbonyl (C=O) groups is 1. The molecule has 12 heteroatoms. The third-order valence-electron chi connectivity index (χ3n) is 5.04. The highest BCUT2D eigenvalue weighted by atomic mass is 19.1. The fraction of sp³-hybridized carbons (Fsp3) is 0.238. The molecule has 33 heavy (non-hydrogen) atoms. The largest absolute Gasteiger partial charge is 0.503 e. The highest BCUT2D eigenvalue weighted by Crippen LogP contribution is 2.34. The zero-order valence-electron chi connectivity index (χ0n) is 16.6. The maximum Gasteiger partial charge on any atom is 0.335 e. The second kappa shape index (κ2) is 8.41. The Bertz CT molecular complexity index is 1220. The van der Waals surface area contributed by atoms with Crippen LogP contribution in [-0.4, -0.2) is 67.2 Å². The average Bonchev–Trinajstić information content (AvgIpc) is 3.21. The number of hydrogen-bond acceptors (Lipinski definition) is 9. The molecule has 1 aliphatic rings. The van der Waals surface area contributed by atoms with E-state index in [0.29, 0.717) is 5.56 Å². The molecule has 2 aromatic carbocycles. The van der Waals surface area contributed by atoms with Crippen molar-refractivity contribution >= 4 is 23.1 Å². The van der Waals surface area contributed by atoms with Gasteiger partial charge in [0.15, 0.2) is 29.1 Å². The molecule has 0 spiro atoms. The molecule has 1 saturated heterocycles.